The molecule has 2 heteroatoms. The first-order valence-corrected chi connectivity index (χ1v) is 9.61. The summed E-state index contributed by atoms with van der Waals surface area (Å²) in [5, 5.41) is 0. The van der Waals surface area contributed by atoms with Crippen LogP contribution in [0.3, 0.4) is 0 Å². The van der Waals surface area contributed by atoms with Crippen molar-refractivity contribution >= 4 is 6.08 Å². The van der Waals surface area contributed by atoms with E-state index in [1.165, 1.54) is 86.5 Å². The molecule has 0 atom stereocenters. The predicted molar refractivity (Wildman–Crippen MR) is 105 cm³/mol. The number of hydrogen-bond donors (Lipinski definition) is 0. The molecule has 1 rings (SSSR count). The van der Waals surface area contributed by atoms with Crippen molar-refractivity contribution in [2.24, 2.45) is 0 Å². The molecule has 0 aliphatic rings. The number of unbranched alkanes of at least 4 members (excludes halogenated alkanes) is 6. The van der Waals surface area contributed by atoms with Gasteiger partial charge in [-0.05, 0) is 43.2 Å². The van der Waals surface area contributed by atoms with E-state index in [2.05, 4.69) is 51.9 Å². The molecule has 138 valence electrons. The van der Waals surface area contributed by atoms with Crippen LogP contribution in [0.15, 0.2) is 30.8 Å². The monoisotopic (exact) mass is 395 g/mol. The topological polar surface area (TPSA) is 0 Å². The molecule has 0 spiro atoms. The summed E-state index contributed by atoms with van der Waals surface area (Å²) in [6, 6.07) is 8.82. The first-order chi connectivity index (χ1) is 11.1. The molecule has 1 nitrogen and oxygen atoms in total. The highest BCUT2D eigenvalue weighted by Gasteiger charge is 2.13. The minimum Gasteiger partial charge on any atom is -1.00 e. The molecule has 0 saturated heterocycles. The van der Waals surface area contributed by atoms with Gasteiger partial charge in [0.2, 0.25) is 0 Å². The zero-order valence-corrected chi connectivity index (χ0v) is 17.8. The van der Waals surface area contributed by atoms with Gasteiger partial charge in [-0.2, -0.15) is 0 Å². The normalized spacial score (nSPS) is 11.1. The van der Waals surface area contributed by atoms with Crippen LogP contribution < -0.4 is 17.0 Å². The van der Waals surface area contributed by atoms with Crippen molar-refractivity contribution < 1.29 is 21.5 Å². The highest BCUT2D eigenvalue weighted by Crippen LogP contribution is 2.12. The molecule has 24 heavy (non-hydrogen) atoms. The summed E-state index contributed by atoms with van der Waals surface area (Å²) in [5.41, 5.74) is 2.67. The maximum Gasteiger partial charge on any atom is 0.0782 e. The third-order valence-electron chi connectivity index (χ3n) is 4.81. The number of hydrogen-bond acceptors (Lipinski definition) is 0. The van der Waals surface area contributed by atoms with Gasteiger partial charge < -0.3 is 21.5 Å². The average molecular weight is 396 g/mol. The Morgan fingerprint density at radius 2 is 1.38 bits per heavy atom. The van der Waals surface area contributed by atoms with E-state index in [9.17, 15) is 0 Å². The number of aryl methyl sites for hydroxylation is 1. The maximum absolute atomic E-state index is 3.81. The van der Waals surface area contributed by atoms with Crippen molar-refractivity contribution in [2.75, 3.05) is 27.2 Å². The van der Waals surface area contributed by atoms with Gasteiger partial charge in [0.15, 0.2) is 0 Å². The maximum atomic E-state index is 3.81. The van der Waals surface area contributed by atoms with E-state index in [0.717, 1.165) is 0 Å². The van der Waals surface area contributed by atoms with E-state index < -0.39 is 0 Å². The van der Waals surface area contributed by atoms with Crippen LogP contribution in [-0.4, -0.2) is 31.7 Å². The lowest BCUT2D eigenvalue weighted by molar-refractivity contribution is -0.890. The Morgan fingerprint density at radius 3 is 1.96 bits per heavy atom. The van der Waals surface area contributed by atoms with Gasteiger partial charge in [0.25, 0.3) is 0 Å². The minimum atomic E-state index is 0. The molecular weight excluding hydrogens is 358 g/mol. The molecule has 0 amide bonds. The van der Waals surface area contributed by atoms with Crippen LogP contribution >= 0.6 is 0 Å². The van der Waals surface area contributed by atoms with Crippen LogP contribution in [0.5, 0.6) is 0 Å². The molecule has 0 fully saturated rings. The zero-order valence-electron chi connectivity index (χ0n) is 16.2. The van der Waals surface area contributed by atoms with Gasteiger partial charge in [0, 0.05) is 0 Å². The second-order valence-electron chi connectivity index (χ2n) is 7.55. The van der Waals surface area contributed by atoms with Crippen molar-refractivity contribution in [3.05, 3.63) is 42.0 Å². The Kier molecular flexibility index (Phi) is 13.3. The third-order valence-corrected chi connectivity index (χ3v) is 4.81. The Hall–Kier alpha value is -0.600. The molecular formula is C22H38BrN. The lowest BCUT2D eigenvalue weighted by atomic mass is 10.1. The van der Waals surface area contributed by atoms with Gasteiger partial charge in [-0.3, -0.25) is 0 Å². The van der Waals surface area contributed by atoms with Crippen LogP contribution in [-0.2, 0) is 6.42 Å². The van der Waals surface area contributed by atoms with Crippen LogP contribution in [0.2, 0.25) is 0 Å². The first kappa shape index (κ1) is 23.4. The van der Waals surface area contributed by atoms with Crippen LogP contribution in [0.1, 0.15) is 69.4 Å². The van der Waals surface area contributed by atoms with Crippen molar-refractivity contribution in [1.82, 2.24) is 0 Å². The van der Waals surface area contributed by atoms with Gasteiger partial charge in [-0.1, -0.05) is 69.5 Å². The quantitative estimate of drug-likeness (QED) is 0.355. The van der Waals surface area contributed by atoms with Crippen LogP contribution in [0, 0.1) is 0 Å². The largest absolute Gasteiger partial charge is 1.00 e. The summed E-state index contributed by atoms with van der Waals surface area (Å²) in [6.45, 7) is 8.73. The minimum absolute atomic E-state index is 0. The lowest BCUT2D eigenvalue weighted by Crippen LogP contribution is -3.00. The second kappa shape index (κ2) is 13.7. The zero-order chi connectivity index (χ0) is 17.0. The molecule has 0 saturated carbocycles. The van der Waals surface area contributed by atoms with Crippen LogP contribution in [0.25, 0.3) is 6.08 Å². The van der Waals surface area contributed by atoms with E-state index in [4.69, 9.17) is 0 Å². The fraction of sp³-hybridized carbons (Fsp3) is 0.636. The Morgan fingerprint density at radius 1 is 0.833 bits per heavy atom. The number of quaternary nitrogens is 1. The smallest absolute Gasteiger partial charge is 0.0782 e. The molecule has 0 aliphatic heterocycles. The summed E-state index contributed by atoms with van der Waals surface area (Å²) in [5.74, 6) is 0. The number of rotatable bonds is 13. The number of benzene rings is 1. The summed E-state index contributed by atoms with van der Waals surface area (Å²) in [4.78, 5) is 0. The van der Waals surface area contributed by atoms with Gasteiger partial charge in [-0.25, -0.2) is 0 Å². The van der Waals surface area contributed by atoms with Gasteiger partial charge >= 0.3 is 0 Å². The molecule has 0 unspecified atom stereocenters. The molecule has 0 bridgehead atoms. The molecule has 1 aromatic carbocycles. The van der Waals surface area contributed by atoms with Gasteiger partial charge in [-0.15, -0.1) is 0 Å². The van der Waals surface area contributed by atoms with Crippen molar-refractivity contribution in [3.63, 3.8) is 0 Å². The molecule has 1 aromatic rings. The molecule has 0 N–H and O–H groups in total. The number of nitrogens with zero attached hydrogens (tertiary/aromatic N) is 1. The van der Waals surface area contributed by atoms with E-state index in [0.29, 0.717) is 0 Å². The van der Waals surface area contributed by atoms with E-state index >= 15 is 0 Å². The number of halogens is 1. The molecule has 0 radical (unpaired) electrons. The molecule has 0 heterocycles. The third kappa shape index (κ3) is 11.0. The Labute approximate surface area is 161 Å². The highest BCUT2D eigenvalue weighted by atomic mass is 79.9. The van der Waals surface area contributed by atoms with Crippen LogP contribution in [0.4, 0.5) is 0 Å². The summed E-state index contributed by atoms with van der Waals surface area (Å²) in [7, 11) is 4.79. The fourth-order valence-corrected chi connectivity index (χ4v) is 3.12. The van der Waals surface area contributed by atoms with Crippen molar-refractivity contribution in [3.8, 4) is 0 Å². The first-order valence-electron chi connectivity index (χ1n) is 9.61. The highest BCUT2D eigenvalue weighted by molar-refractivity contribution is 5.47. The molecule has 0 aliphatic carbocycles. The lowest BCUT2D eigenvalue weighted by Gasteiger charge is -2.30. The van der Waals surface area contributed by atoms with E-state index in [-0.39, 0.29) is 17.0 Å². The summed E-state index contributed by atoms with van der Waals surface area (Å²) < 4.78 is 1.18. The summed E-state index contributed by atoms with van der Waals surface area (Å²) >= 11 is 0. The Balaban J connectivity index is 0.00000529. The SMILES string of the molecule is C=Cc1ccc(CCCC[N+](C)(C)CCCCCCCC)cc1.[Br-]. The predicted octanol–water partition coefficient (Wildman–Crippen LogP) is 3.09. The van der Waals surface area contributed by atoms with E-state index in [1.807, 2.05) is 6.08 Å². The Bertz CT molecular complexity index is 422. The van der Waals surface area contributed by atoms with E-state index in [1.54, 1.807) is 0 Å². The summed E-state index contributed by atoms with van der Waals surface area (Å²) in [6.07, 6.45) is 14.1. The van der Waals surface area contributed by atoms with Gasteiger partial charge in [0.05, 0.1) is 27.2 Å². The molecule has 0 aromatic heterocycles. The van der Waals surface area contributed by atoms with Crippen molar-refractivity contribution in [2.45, 2.75) is 64.7 Å². The average Bonchev–Trinajstić information content (AvgIpc) is 2.55. The van der Waals surface area contributed by atoms with Crippen molar-refractivity contribution in [1.29, 1.82) is 0 Å². The standard InChI is InChI=1S/C22H38N.BrH/c1-5-7-8-9-10-12-19-23(3,4)20-13-11-14-22-17-15-21(6-2)16-18-22;/h6,15-18H,2,5,7-14,19-20H2,1,3-4H3;1H/q+1;/p-1. The fourth-order valence-electron chi connectivity index (χ4n) is 3.12. The van der Waals surface area contributed by atoms with Gasteiger partial charge in [0.1, 0.15) is 0 Å². The second-order valence-corrected chi connectivity index (χ2v) is 7.55.